The van der Waals surface area contributed by atoms with Gasteiger partial charge in [0.1, 0.15) is 0 Å². The van der Waals surface area contributed by atoms with Crippen LogP contribution in [-0.2, 0) is 9.53 Å². The number of terminal acetylenes is 1. The van der Waals surface area contributed by atoms with Crippen LogP contribution in [0.2, 0.25) is 0 Å². The van der Waals surface area contributed by atoms with Crippen LogP contribution in [0.15, 0.2) is 24.3 Å². The number of hydrogen-bond acceptors (Lipinski definition) is 3. The smallest absolute Gasteiger partial charge is 0.310 e. The molecule has 2 saturated heterocycles. The van der Waals surface area contributed by atoms with Crippen LogP contribution in [0, 0.1) is 18.3 Å². The second kappa shape index (κ2) is 5.54. The van der Waals surface area contributed by atoms with E-state index in [1.807, 2.05) is 18.2 Å². The molecular weight excluding hydrogens is 262 g/mol. The Kier molecular flexibility index (Phi) is 3.73. The van der Waals surface area contributed by atoms with Crippen molar-refractivity contribution in [1.82, 2.24) is 4.90 Å². The first-order chi connectivity index (χ1) is 10.2. The van der Waals surface area contributed by atoms with Gasteiger partial charge < -0.3 is 4.74 Å². The van der Waals surface area contributed by atoms with E-state index >= 15 is 0 Å². The maximum Gasteiger partial charge on any atom is 0.310 e. The summed E-state index contributed by atoms with van der Waals surface area (Å²) in [5.41, 5.74) is 2.05. The van der Waals surface area contributed by atoms with Gasteiger partial charge in [-0.05, 0) is 44.0 Å². The normalized spacial score (nSPS) is 31.7. The summed E-state index contributed by atoms with van der Waals surface area (Å²) in [6, 6.07) is 8.91. The number of methoxy groups -OCH3 is 1. The lowest BCUT2D eigenvalue weighted by atomic mass is 9.76. The van der Waals surface area contributed by atoms with Crippen molar-refractivity contribution in [3.05, 3.63) is 35.4 Å². The highest BCUT2D eigenvalue weighted by Gasteiger charge is 2.49. The van der Waals surface area contributed by atoms with Gasteiger partial charge in [0.15, 0.2) is 0 Å². The Hall–Kier alpha value is -1.79. The molecule has 2 fully saturated rings. The molecule has 0 saturated carbocycles. The summed E-state index contributed by atoms with van der Waals surface area (Å²) >= 11 is 0. The molecular formula is C18H21NO2. The molecule has 0 N–H and O–H groups in total. The molecule has 2 bridgehead atoms. The van der Waals surface area contributed by atoms with Crippen molar-refractivity contribution in [2.45, 2.75) is 37.3 Å². The number of ether oxygens (including phenoxy) is 1. The molecule has 4 atom stereocenters. The van der Waals surface area contributed by atoms with E-state index in [1.165, 1.54) is 19.1 Å². The number of piperidine rings is 1. The Morgan fingerprint density at radius 3 is 2.95 bits per heavy atom. The SMILES string of the molecule is C#Cc1cccc([C@H]2C[C@H]3CCC(C2C(=O)OC)N3C)c1. The van der Waals surface area contributed by atoms with Gasteiger partial charge in [-0.25, -0.2) is 0 Å². The molecule has 3 nitrogen and oxygen atoms in total. The van der Waals surface area contributed by atoms with Crippen LogP contribution >= 0.6 is 0 Å². The van der Waals surface area contributed by atoms with Crippen LogP contribution in [0.4, 0.5) is 0 Å². The van der Waals surface area contributed by atoms with Gasteiger partial charge in [0.25, 0.3) is 0 Å². The van der Waals surface area contributed by atoms with Gasteiger partial charge in [0.2, 0.25) is 0 Å². The Morgan fingerprint density at radius 2 is 2.24 bits per heavy atom. The van der Waals surface area contributed by atoms with E-state index in [-0.39, 0.29) is 23.8 Å². The van der Waals surface area contributed by atoms with Gasteiger partial charge in [-0.15, -0.1) is 6.42 Å². The maximum absolute atomic E-state index is 12.3. The highest BCUT2D eigenvalue weighted by atomic mass is 16.5. The number of carbonyl (C=O) groups excluding carboxylic acids is 1. The third-order valence-corrected chi connectivity index (χ3v) is 5.22. The van der Waals surface area contributed by atoms with E-state index in [0.717, 1.165) is 18.4 Å². The quantitative estimate of drug-likeness (QED) is 0.616. The van der Waals surface area contributed by atoms with Crippen LogP contribution in [0.3, 0.4) is 0 Å². The summed E-state index contributed by atoms with van der Waals surface area (Å²) in [6.45, 7) is 0. The highest BCUT2D eigenvalue weighted by molar-refractivity contribution is 5.75. The largest absolute Gasteiger partial charge is 0.469 e. The molecule has 2 aliphatic heterocycles. The zero-order chi connectivity index (χ0) is 15.0. The fourth-order valence-electron chi connectivity index (χ4n) is 4.13. The van der Waals surface area contributed by atoms with Crippen molar-refractivity contribution in [3.8, 4) is 12.3 Å². The number of esters is 1. The van der Waals surface area contributed by atoms with Crippen LogP contribution in [0.5, 0.6) is 0 Å². The molecule has 2 heterocycles. The number of hydrogen-bond donors (Lipinski definition) is 0. The van der Waals surface area contributed by atoms with E-state index in [9.17, 15) is 4.79 Å². The molecule has 0 amide bonds. The van der Waals surface area contributed by atoms with Gasteiger partial charge in [0, 0.05) is 23.6 Å². The average Bonchev–Trinajstić information content (AvgIpc) is 2.76. The van der Waals surface area contributed by atoms with Gasteiger partial charge in [-0.3, -0.25) is 9.69 Å². The van der Waals surface area contributed by atoms with E-state index in [0.29, 0.717) is 6.04 Å². The summed E-state index contributed by atoms with van der Waals surface area (Å²) < 4.78 is 5.09. The molecule has 3 heteroatoms. The summed E-state index contributed by atoms with van der Waals surface area (Å²) in [4.78, 5) is 14.7. The predicted octanol–water partition coefficient (Wildman–Crippen LogP) is 2.41. The van der Waals surface area contributed by atoms with Gasteiger partial charge in [-0.2, -0.15) is 0 Å². The minimum atomic E-state index is -0.0942. The minimum Gasteiger partial charge on any atom is -0.469 e. The fourth-order valence-corrected chi connectivity index (χ4v) is 4.13. The second-order valence-corrected chi connectivity index (χ2v) is 6.12. The number of benzene rings is 1. The standard InChI is InChI=1S/C18H21NO2/c1-4-12-6-5-7-13(10-12)15-11-14-8-9-16(19(14)2)17(15)18(20)21-3/h1,5-7,10,14-17H,8-9,11H2,2-3H3/t14-,15-,16?,17?/m1/s1. The monoisotopic (exact) mass is 283 g/mol. The molecule has 1 aromatic carbocycles. The summed E-state index contributed by atoms with van der Waals surface area (Å²) in [7, 11) is 3.62. The lowest BCUT2D eigenvalue weighted by Crippen LogP contribution is -2.49. The van der Waals surface area contributed by atoms with Crippen LogP contribution in [0.1, 0.15) is 36.3 Å². The average molecular weight is 283 g/mol. The molecule has 0 spiro atoms. The van der Waals surface area contributed by atoms with E-state index < -0.39 is 0 Å². The molecule has 3 rings (SSSR count). The third-order valence-electron chi connectivity index (χ3n) is 5.22. The van der Waals surface area contributed by atoms with Crippen molar-refractivity contribution < 1.29 is 9.53 Å². The zero-order valence-electron chi connectivity index (χ0n) is 12.6. The molecule has 2 aliphatic rings. The lowest BCUT2D eigenvalue weighted by Gasteiger charge is -2.41. The Bertz CT molecular complexity index is 589. The maximum atomic E-state index is 12.3. The minimum absolute atomic E-state index is 0.0909. The Balaban J connectivity index is 1.99. The first-order valence-corrected chi connectivity index (χ1v) is 7.52. The fraction of sp³-hybridized carbons (Fsp3) is 0.500. The lowest BCUT2D eigenvalue weighted by molar-refractivity contribution is -0.150. The molecule has 1 aromatic rings. The van der Waals surface area contributed by atoms with Crippen molar-refractivity contribution in [1.29, 1.82) is 0 Å². The summed E-state index contributed by atoms with van der Waals surface area (Å²) in [5.74, 6) is 2.71. The van der Waals surface area contributed by atoms with E-state index in [2.05, 4.69) is 23.9 Å². The van der Waals surface area contributed by atoms with Crippen LogP contribution in [0.25, 0.3) is 0 Å². The first-order valence-electron chi connectivity index (χ1n) is 7.52. The topological polar surface area (TPSA) is 29.5 Å². The number of carbonyl (C=O) groups is 1. The van der Waals surface area contributed by atoms with Gasteiger partial charge in [0.05, 0.1) is 13.0 Å². The molecule has 0 aliphatic carbocycles. The third kappa shape index (κ3) is 2.34. The van der Waals surface area contributed by atoms with E-state index in [1.54, 1.807) is 0 Å². The van der Waals surface area contributed by atoms with Gasteiger partial charge >= 0.3 is 5.97 Å². The predicted molar refractivity (Wildman–Crippen MR) is 81.8 cm³/mol. The molecule has 110 valence electrons. The van der Waals surface area contributed by atoms with E-state index in [4.69, 9.17) is 11.2 Å². The number of nitrogens with zero attached hydrogens (tertiary/aromatic N) is 1. The van der Waals surface area contributed by atoms with Crippen molar-refractivity contribution in [3.63, 3.8) is 0 Å². The highest BCUT2D eigenvalue weighted by Crippen LogP contribution is 2.46. The van der Waals surface area contributed by atoms with Crippen LogP contribution < -0.4 is 0 Å². The van der Waals surface area contributed by atoms with Crippen LogP contribution in [-0.4, -0.2) is 37.1 Å². The Morgan fingerprint density at radius 1 is 1.43 bits per heavy atom. The second-order valence-electron chi connectivity index (χ2n) is 6.12. The van der Waals surface area contributed by atoms with Crippen molar-refractivity contribution in [2.24, 2.45) is 5.92 Å². The number of rotatable bonds is 2. The molecule has 0 aromatic heterocycles. The van der Waals surface area contributed by atoms with Crippen molar-refractivity contribution in [2.75, 3.05) is 14.2 Å². The van der Waals surface area contributed by atoms with Crippen molar-refractivity contribution >= 4 is 5.97 Å². The van der Waals surface area contributed by atoms with Gasteiger partial charge in [-0.1, -0.05) is 18.1 Å². The molecule has 0 radical (unpaired) electrons. The Labute approximate surface area is 126 Å². The molecule has 21 heavy (non-hydrogen) atoms. The molecule has 2 unspecified atom stereocenters. The summed E-state index contributed by atoms with van der Waals surface area (Å²) in [6.07, 6.45) is 8.75. The zero-order valence-corrected chi connectivity index (χ0v) is 12.6. The summed E-state index contributed by atoms with van der Waals surface area (Å²) in [5, 5.41) is 0. The first kappa shape index (κ1) is 14.2. The number of fused-ring (bicyclic) bond motifs is 2.